The van der Waals surface area contributed by atoms with Crippen LogP contribution >= 0.6 is 0 Å². The fraction of sp³-hybridized carbons (Fsp3) is 0.0175. The first-order chi connectivity index (χ1) is 28.8. The normalized spacial score (nSPS) is 13.3. The lowest BCUT2D eigenvalue weighted by Crippen LogP contribution is -2.28. The van der Waals surface area contributed by atoms with Crippen LogP contribution in [0.5, 0.6) is 0 Å². The molecule has 0 aliphatic heterocycles. The second-order valence-electron chi connectivity index (χ2n) is 15.9. The highest BCUT2D eigenvalue weighted by Crippen LogP contribution is 2.59. The molecule has 1 heteroatoms. The van der Waals surface area contributed by atoms with E-state index in [9.17, 15) is 0 Å². The summed E-state index contributed by atoms with van der Waals surface area (Å²) in [5.74, 6) is 0. The number of hydrogen-bond acceptors (Lipinski definition) is 1. The fourth-order valence-corrected chi connectivity index (χ4v) is 10.6. The van der Waals surface area contributed by atoms with Crippen LogP contribution in [0.1, 0.15) is 22.3 Å². The Morgan fingerprint density at radius 2 is 0.879 bits per heavy atom. The van der Waals surface area contributed by atoms with Crippen molar-refractivity contribution in [3.05, 3.63) is 229 Å². The Morgan fingerprint density at radius 1 is 0.310 bits per heavy atom. The Morgan fingerprint density at radius 3 is 1.69 bits per heavy atom. The second kappa shape index (κ2) is 11.8. The van der Waals surface area contributed by atoms with E-state index in [2.05, 4.69) is 200 Å². The highest BCUT2D eigenvalue weighted by molar-refractivity contribution is 6.25. The molecule has 0 fully saturated rings. The average molecular weight is 735 g/mol. The van der Waals surface area contributed by atoms with Gasteiger partial charge in [-0.25, -0.2) is 0 Å². The summed E-state index contributed by atoms with van der Waals surface area (Å²) in [5.41, 5.74) is 13.9. The van der Waals surface area contributed by atoms with Gasteiger partial charge in [0.25, 0.3) is 0 Å². The van der Waals surface area contributed by atoms with Crippen molar-refractivity contribution in [2.24, 2.45) is 0 Å². The van der Waals surface area contributed by atoms with Crippen molar-refractivity contribution in [2.45, 2.75) is 5.41 Å². The summed E-state index contributed by atoms with van der Waals surface area (Å²) in [7, 11) is 0. The van der Waals surface area contributed by atoms with E-state index in [4.69, 9.17) is 4.42 Å². The SMILES string of the molecule is c1ccc(C2(c3ccccc3)c3ccc(-c4ccc5ccc6cccc7ccc4c5c67)cc3-c3c2ccc2c(-c4ccc5c(c4)oc4ccccc45)cccc32)cc1. The molecule has 1 nitrogen and oxygen atoms in total. The summed E-state index contributed by atoms with van der Waals surface area (Å²) in [6.07, 6.45) is 0. The van der Waals surface area contributed by atoms with Crippen LogP contribution in [0.4, 0.5) is 0 Å². The molecule has 0 N–H and O–H groups in total. The van der Waals surface area contributed by atoms with Crippen molar-refractivity contribution < 1.29 is 4.42 Å². The molecule has 0 unspecified atom stereocenters. The van der Waals surface area contributed by atoms with Gasteiger partial charge >= 0.3 is 0 Å². The van der Waals surface area contributed by atoms with E-state index >= 15 is 0 Å². The first kappa shape index (κ1) is 31.7. The van der Waals surface area contributed by atoms with Gasteiger partial charge in [0, 0.05) is 10.8 Å². The van der Waals surface area contributed by atoms with Crippen molar-refractivity contribution >= 4 is 65.0 Å². The van der Waals surface area contributed by atoms with E-state index in [1.54, 1.807) is 0 Å². The Balaban J connectivity index is 1.11. The zero-order valence-corrected chi connectivity index (χ0v) is 31.5. The number of furan rings is 1. The van der Waals surface area contributed by atoms with Gasteiger partial charge < -0.3 is 4.42 Å². The largest absolute Gasteiger partial charge is 0.456 e. The summed E-state index contributed by atoms with van der Waals surface area (Å²) in [6, 6.07) is 76.5. The lowest BCUT2D eigenvalue weighted by molar-refractivity contribution is 0.669. The summed E-state index contributed by atoms with van der Waals surface area (Å²) >= 11 is 0. The van der Waals surface area contributed by atoms with Gasteiger partial charge in [0.15, 0.2) is 0 Å². The van der Waals surface area contributed by atoms with E-state index in [0.29, 0.717) is 0 Å². The molecule has 0 bridgehead atoms. The topological polar surface area (TPSA) is 13.1 Å². The van der Waals surface area contributed by atoms with Crippen LogP contribution < -0.4 is 0 Å². The molecule has 0 saturated heterocycles. The number of rotatable bonds is 4. The Labute approximate surface area is 335 Å². The smallest absolute Gasteiger partial charge is 0.136 e. The van der Waals surface area contributed by atoms with Gasteiger partial charge in [-0.1, -0.05) is 182 Å². The zero-order valence-electron chi connectivity index (χ0n) is 31.5. The van der Waals surface area contributed by atoms with E-state index in [1.165, 1.54) is 93.2 Å². The molecule has 0 saturated carbocycles. The lowest BCUT2D eigenvalue weighted by atomic mass is 9.67. The minimum absolute atomic E-state index is 0.508. The van der Waals surface area contributed by atoms with Gasteiger partial charge in [-0.3, -0.25) is 0 Å². The molecule has 268 valence electrons. The number of para-hydroxylation sites is 1. The molecule has 11 aromatic carbocycles. The van der Waals surface area contributed by atoms with Gasteiger partial charge in [-0.05, 0) is 123 Å². The first-order valence-corrected chi connectivity index (χ1v) is 20.2. The second-order valence-corrected chi connectivity index (χ2v) is 15.9. The number of fused-ring (bicyclic) bond motifs is 8. The first-order valence-electron chi connectivity index (χ1n) is 20.2. The monoisotopic (exact) mass is 734 g/mol. The highest BCUT2D eigenvalue weighted by Gasteiger charge is 2.46. The van der Waals surface area contributed by atoms with Crippen molar-refractivity contribution in [1.29, 1.82) is 0 Å². The van der Waals surface area contributed by atoms with E-state index in [-0.39, 0.29) is 0 Å². The highest BCUT2D eigenvalue weighted by atomic mass is 16.3. The quantitative estimate of drug-likeness (QED) is 0.164. The Bertz CT molecular complexity index is 3550. The molecular weight excluding hydrogens is 701 g/mol. The maximum Gasteiger partial charge on any atom is 0.136 e. The third-order valence-corrected chi connectivity index (χ3v) is 13.1. The third-order valence-electron chi connectivity index (χ3n) is 13.1. The fourth-order valence-electron chi connectivity index (χ4n) is 10.6. The standard InChI is InChI=1S/C57H34O/c1-3-13-40(14-4-1)57(41-15-5-2-6-16-41)50-31-26-38(43-27-23-37-22-21-35-11-9-12-36-24-29-48(43)55(37)54(35)36)33-49(50)56-47-19-10-18-42(44(47)30-32-51(56)57)39-25-28-46-45-17-7-8-20-52(45)58-53(46)34-39/h1-34H. The van der Waals surface area contributed by atoms with Gasteiger partial charge in [-0.15, -0.1) is 0 Å². The van der Waals surface area contributed by atoms with Gasteiger partial charge in [0.2, 0.25) is 0 Å². The molecule has 0 radical (unpaired) electrons. The summed E-state index contributed by atoms with van der Waals surface area (Å²) in [6.45, 7) is 0. The molecule has 1 aromatic heterocycles. The Kier molecular flexibility index (Phi) is 6.43. The molecule has 58 heavy (non-hydrogen) atoms. The van der Waals surface area contributed by atoms with Crippen LogP contribution in [0.3, 0.4) is 0 Å². The van der Waals surface area contributed by atoms with E-state index in [1.807, 2.05) is 6.07 Å². The minimum atomic E-state index is -0.508. The zero-order chi connectivity index (χ0) is 38.0. The van der Waals surface area contributed by atoms with Crippen LogP contribution in [0.25, 0.3) is 98.4 Å². The average Bonchev–Trinajstić information content (AvgIpc) is 3.82. The van der Waals surface area contributed by atoms with Crippen molar-refractivity contribution in [2.75, 3.05) is 0 Å². The molecule has 0 spiro atoms. The maximum absolute atomic E-state index is 6.40. The molecule has 13 rings (SSSR count). The Hall–Kier alpha value is -7.48. The van der Waals surface area contributed by atoms with Crippen LogP contribution in [0.2, 0.25) is 0 Å². The van der Waals surface area contributed by atoms with Crippen LogP contribution in [-0.2, 0) is 5.41 Å². The van der Waals surface area contributed by atoms with Crippen molar-refractivity contribution in [1.82, 2.24) is 0 Å². The van der Waals surface area contributed by atoms with Crippen LogP contribution in [0.15, 0.2) is 211 Å². The summed E-state index contributed by atoms with van der Waals surface area (Å²) in [5, 5.41) is 12.6. The van der Waals surface area contributed by atoms with E-state index < -0.39 is 5.41 Å². The van der Waals surface area contributed by atoms with Gasteiger partial charge in [-0.2, -0.15) is 0 Å². The molecule has 1 heterocycles. The number of hydrogen-bond donors (Lipinski definition) is 0. The van der Waals surface area contributed by atoms with Crippen LogP contribution in [0, 0.1) is 0 Å². The summed E-state index contributed by atoms with van der Waals surface area (Å²) < 4.78 is 6.40. The molecule has 1 aliphatic rings. The lowest BCUT2D eigenvalue weighted by Gasteiger charge is -2.34. The minimum Gasteiger partial charge on any atom is -0.456 e. The third kappa shape index (κ3) is 4.20. The van der Waals surface area contributed by atoms with Gasteiger partial charge in [0.05, 0.1) is 5.41 Å². The predicted octanol–water partition coefficient (Wildman–Crippen LogP) is 15.3. The molecule has 1 aliphatic carbocycles. The molecule has 12 aromatic rings. The predicted molar refractivity (Wildman–Crippen MR) is 243 cm³/mol. The number of benzene rings is 11. The molecule has 0 atom stereocenters. The van der Waals surface area contributed by atoms with Gasteiger partial charge in [0.1, 0.15) is 11.2 Å². The molecular formula is C57H34O. The van der Waals surface area contributed by atoms with Crippen LogP contribution in [-0.4, -0.2) is 0 Å². The van der Waals surface area contributed by atoms with E-state index in [0.717, 1.165) is 27.5 Å². The van der Waals surface area contributed by atoms with Crippen molar-refractivity contribution in [3.8, 4) is 33.4 Å². The summed E-state index contributed by atoms with van der Waals surface area (Å²) in [4.78, 5) is 0. The van der Waals surface area contributed by atoms with Crippen molar-refractivity contribution in [3.63, 3.8) is 0 Å². The molecule has 0 amide bonds. The maximum atomic E-state index is 6.40.